The summed E-state index contributed by atoms with van der Waals surface area (Å²) in [5, 5.41) is 2.84. The number of benzene rings is 2. The standard InChI is InChI=1S/C18H17N5O2S/c1-3-17-20-15-8-11(4-7-16(15)23(17)2)19-18(24)10-25-12-5-6-13-14(9-12)22-26-21-13/h4-9H,3,10H2,1-2H3,(H,19,24). The molecule has 1 amide bonds. The first kappa shape index (κ1) is 16.5. The van der Waals surface area contributed by atoms with E-state index in [1.165, 1.54) is 0 Å². The molecule has 0 saturated carbocycles. The summed E-state index contributed by atoms with van der Waals surface area (Å²) in [5.74, 6) is 1.37. The Balaban J connectivity index is 1.43. The molecule has 7 nitrogen and oxygen atoms in total. The molecule has 0 unspecified atom stereocenters. The van der Waals surface area contributed by atoms with Gasteiger partial charge in [-0.3, -0.25) is 4.79 Å². The van der Waals surface area contributed by atoms with Crippen LogP contribution in [0.5, 0.6) is 5.75 Å². The van der Waals surface area contributed by atoms with Crippen LogP contribution in [0.1, 0.15) is 12.7 Å². The Kier molecular flexibility index (Phi) is 4.26. The van der Waals surface area contributed by atoms with Gasteiger partial charge in [0.15, 0.2) is 6.61 Å². The summed E-state index contributed by atoms with van der Waals surface area (Å²) < 4.78 is 15.9. The average Bonchev–Trinajstić information content (AvgIpc) is 3.23. The number of nitrogens with one attached hydrogen (secondary N) is 1. The number of anilines is 1. The normalized spacial score (nSPS) is 11.2. The van der Waals surface area contributed by atoms with Crippen LogP contribution in [-0.4, -0.2) is 30.8 Å². The summed E-state index contributed by atoms with van der Waals surface area (Å²) in [6.07, 6.45) is 0.861. The van der Waals surface area contributed by atoms with Gasteiger partial charge in [0.2, 0.25) is 0 Å². The monoisotopic (exact) mass is 367 g/mol. The smallest absolute Gasteiger partial charge is 0.262 e. The number of hydrogen-bond donors (Lipinski definition) is 1. The molecule has 0 aliphatic carbocycles. The van der Waals surface area contributed by atoms with E-state index >= 15 is 0 Å². The first-order chi connectivity index (χ1) is 12.6. The molecule has 0 aliphatic heterocycles. The maximum Gasteiger partial charge on any atom is 0.262 e. The lowest BCUT2D eigenvalue weighted by atomic mass is 10.2. The fraction of sp³-hybridized carbons (Fsp3) is 0.222. The highest BCUT2D eigenvalue weighted by Crippen LogP contribution is 2.21. The molecular weight excluding hydrogens is 350 g/mol. The van der Waals surface area contributed by atoms with Crippen molar-refractivity contribution < 1.29 is 9.53 Å². The first-order valence-corrected chi connectivity index (χ1v) is 8.97. The molecule has 0 spiro atoms. The van der Waals surface area contributed by atoms with Crippen LogP contribution in [0.25, 0.3) is 22.1 Å². The fourth-order valence-corrected chi connectivity index (χ4v) is 3.36. The average molecular weight is 367 g/mol. The van der Waals surface area contributed by atoms with Crippen LogP contribution in [0, 0.1) is 0 Å². The molecule has 0 fully saturated rings. The molecule has 132 valence electrons. The molecule has 1 N–H and O–H groups in total. The van der Waals surface area contributed by atoms with Gasteiger partial charge in [-0.25, -0.2) is 4.98 Å². The molecule has 2 heterocycles. The van der Waals surface area contributed by atoms with Crippen LogP contribution in [0.4, 0.5) is 5.69 Å². The van der Waals surface area contributed by atoms with Crippen molar-refractivity contribution in [2.45, 2.75) is 13.3 Å². The third kappa shape index (κ3) is 3.11. The Bertz CT molecular complexity index is 1100. The minimum absolute atomic E-state index is 0.0798. The van der Waals surface area contributed by atoms with Crippen molar-refractivity contribution in [1.29, 1.82) is 0 Å². The van der Waals surface area contributed by atoms with E-state index in [1.807, 2.05) is 31.3 Å². The van der Waals surface area contributed by atoms with Crippen LogP contribution in [0.3, 0.4) is 0 Å². The van der Waals surface area contributed by atoms with Gasteiger partial charge in [0.1, 0.15) is 22.6 Å². The minimum Gasteiger partial charge on any atom is -0.484 e. The summed E-state index contributed by atoms with van der Waals surface area (Å²) in [4.78, 5) is 16.8. The summed E-state index contributed by atoms with van der Waals surface area (Å²) in [6.45, 7) is 1.99. The van der Waals surface area contributed by atoms with Crippen molar-refractivity contribution in [1.82, 2.24) is 18.3 Å². The number of imidazole rings is 1. The molecule has 4 rings (SSSR count). The Hall–Kier alpha value is -3.00. The number of carbonyl (C=O) groups is 1. The van der Waals surface area contributed by atoms with Gasteiger partial charge in [-0.15, -0.1) is 0 Å². The second-order valence-corrected chi connectivity index (χ2v) is 6.42. The molecule has 4 aromatic rings. The molecule has 2 aromatic heterocycles. The Morgan fingerprint density at radius 3 is 2.85 bits per heavy atom. The second-order valence-electron chi connectivity index (χ2n) is 5.90. The van der Waals surface area contributed by atoms with Crippen LogP contribution in [-0.2, 0) is 18.3 Å². The highest BCUT2D eigenvalue weighted by Gasteiger charge is 2.09. The maximum absolute atomic E-state index is 12.2. The summed E-state index contributed by atoms with van der Waals surface area (Å²) in [5.41, 5.74) is 4.19. The largest absolute Gasteiger partial charge is 0.484 e. The summed E-state index contributed by atoms with van der Waals surface area (Å²) in [6, 6.07) is 11.1. The van der Waals surface area contributed by atoms with Crippen LogP contribution < -0.4 is 10.1 Å². The van der Waals surface area contributed by atoms with Crippen molar-refractivity contribution in [3.63, 3.8) is 0 Å². The van der Waals surface area contributed by atoms with Crippen LogP contribution >= 0.6 is 11.7 Å². The van der Waals surface area contributed by atoms with Crippen molar-refractivity contribution in [3.05, 3.63) is 42.2 Å². The number of nitrogens with zero attached hydrogens (tertiary/aromatic N) is 4. The van der Waals surface area contributed by atoms with Gasteiger partial charge in [0.25, 0.3) is 5.91 Å². The van der Waals surface area contributed by atoms with E-state index in [4.69, 9.17) is 4.74 Å². The van der Waals surface area contributed by atoms with E-state index < -0.39 is 0 Å². The third-order valence-corrected chi connectivity index (χ3v) is 4.73. The Morgan fingerprint density at radius 2 is 2.00 bits per heavy atom. The number of carbonyl (C=O) groups excluding carboxylic acids is 1. The van der Waals surface area contributed by atoms with E-state index in [-0.39, 0.29) is 12.5 Å². The molecule has 0 aliphatic rings. The number of rotatable bonds is 5. The highest BCUT2D eigenvalue weighted by molar-refractivity contribution is 7.00. The van der Waals surface area contributed by atoms with Crippen LogP contribution in [0.2, 0.25) is 0 Å². The predicted molar refractivity (Wildman–Crippen MR) is 102 cm³/mol. The number of hydrogen-bond acceptors (Lipinski definition) is 6. The van der Waals surface area contributed by atoms with E-state index in [0.29, 0.717) is 11.4 Å². The highest BCUT2D eigenvalue weighted by atomic mass is 32.1. The van der Waals surface area contributed by atoms with Gasteiger partial charge in [-0.1, -0.05) is 6.92 Å². The van der Waals surface area contributed by atoms with Gasteiger partial charge in [-0.2, -0.15) is 8.75 Å². The van der Waals surface area contributed by atoms with Gasteiger partial charge >= 0.3 is 0 Å². The molecular formula is C18H17N5O2S. The SMILES string of the molecule is CCc1nc2cc(NC(=O)COc3ccc4nsnc4c3)ccc2n1C. The zero-order valence-electron chi connectivity index (χ0n) is 14.4. The zero-order chi connectivity index (χ0) is 18.1. The van der Waals surface area contributed by atoms with Crippen molar-refractivity contribution in [2.75, 3.05) is 11.9 Å². The quantitative estimate of drug-likeness (QED) is 0.586. The van der Waals surface area contributed by atoms with Crippen LogP contribution in [0.15, 0.2) is 36.4 Å². The number of aromatic nitrogens is 4. The number of fused-ring (bicyclic) bond motifs is 2. The fourth-order valence-electron chi connectivity index (χ4n) is 2.84. The Morgan fingerprint density at radius 1 is 1.15 bits per heavy atom. The topological polar surface area (TPSA) is 81.9 Å². The molecule has 0 radical (unpaired) electrons. The van der Waals surface area contributed by atoms with Gasteiger partial charge in [0.05, 0.1) is 22.8 Å². The van der Waals surface area contributed by atoms with Gasteiger partial charge in [-0.05, 0) is 30.3 Å². The molecule has 0 atom stereocenters. The number of amides is 1. The van der Waals surface area contributed by atoms with Gasteiger partial charge in [0, 0.05) is 25.2 Å². The van der Waals surface area contributed by atoms with E-state index in [2.05, 4.69) is 30.5 Å². The lowest BCUT2D eigenvalue weighted by Crippen LogP contribution is -2.20. The maximum atomic E-state index is 12.2. The molecule has 26 heavy (non-hydrogen) atoms. The summed E-state index contributed by atoms with van der Waals surface area (Å²) in [7, 11) is 1.99. The number of ether oxygens (including phenoxy) is 1. The van der Waals surface area contributed by atoms with E-state index in [0.717, 1.165) is 46.0 Å². The molecule has 2 aromatic carbocycles. The zero-order valence-corrected chi connectivity index (χ0v) is 15.2. The predicted octanol–water partition coefficient (Wildman–Crippen LogP) is 3.16. The third-order valence-electron chi connectivity index (χ3n) is 4.17. The molecule has 8 heteroatoms. The molecule has 0 saturated heterocycles. The van der Waals surface area contributed by atoms with Crippen molar-refractivity contribution >= 4 is 45.4 Å². The first-order valence-electron chi connectivity index (χ1n) is 8.24. The summed E-state index contributed by atoms with van der Waals surface area (Å²) >= 11 is 1.15. The van der Waals surface area contributed by atoms with E-state index in [9.17, 15) is 4.79 Å². The molecule has 0 bridgehead atoms. The lowest BCUT2D eigenvalue weighted by molar-refractivity contribution is -0.118. The van der Waals surface area contributed by atoms with Crippen molar-refractivity contribution in [3.8, 4) is 5.75 Å². The lowest BCUT2D eigenvalue weighted by Gasteiger charge is -2.07. The Labute approximate surface area is 154 Å². The van der Waals surface area contributed by atoms with E-state index in [1.54, 1.807) is 12.1 Å². The second kappa shape index (κ2) is 6.72. The minimum atomic E-state index is -0.229. The van der Waals surface area contributed by atoms with Gasteiger partial charge < -0.3 is 14.6 Å². The number of aryl methyl sites for hydroxylation is 2. The van der Waals surface area contributed by atoms with Crippen molar-refractivity contribution in [2.24, 2.45) is 7.05 Å².